The van der Waals surface area contributed by atoms with Gasteiger partial charge in [-0.2, -0.15) is 0 Å². The highest BCUT2D eigenvalue weighted by atomic mass is 16.4. The molecule has 9 heteroatoms. The van der Waals surface area contributed by atoms with Gasteiger partial charge in [-0.15, -0.1) is 0 Å². The first-order chi connectivity index (χ1) is 18.9. The number of aromatic amines is 1. The monoisotopic (exact) mass is 538 g/mol. The molecule has 1 heterocycles. The van der Waals surface area contributed by atoms with Gasteiger partial charge < -0.3 is 26.0 Å². The predicted octanol–water partition coefficient (Wildman–Crippen LogP) is 4.16. The third-order valence-corrected chi connectivity index (χ3v) is 8.43. The Morgan fingerprint density at radius 3 is 2.31 bits per heavy atom. The van der Waals surface area contributed by atoms with E-state index < -0.39 is 29.7 Å². The molecule has 1 aromatic heterocycles. The molecule has 0 aliphatic heterocycles. The molecule has 0 radical (unpaired) electrons. The number of Topliss-reactive ketones (excluding diaryl/α,β-unsaturated/α-hetero) is 1. The van der Waals surface area contributed by atoms with E-state index in [9.17, 15) is 24.3 Å². The van der Waals surface area contributed by atoms with Crippen LogP contribution in [0, 0.1) is 5.92 Å². The molecule has 2 aromatic rings. The van der Waals surface area contributed by atoms with E-state index in [1.165, 1.54) is 6.20 Å². The molecule has 39 heavy (non-hydrogen) atoms. The number of carbonyl (C=O) groups excluding carboxylic acids is 3. The number of amides is 2. The number of fused-ring (bicyclic) bond motifs is 1. The maximum atomic E-state index is 14.1. The average Bonchev–Trinajstić information content (AvgIpc) is 3.39. The first-order valence-electron chi connectivity index (χ1n) is 14.6. The minimum atomic E-state index is -1.30. The molecule has 0 spiro atoms. The Morgan fingerprint density at radius 2 is 1.64 bits per heavy atom. The summed E-state index contributed by atoms with van der Waals surface area (Å²) >= 11 is 0. The summed E-state index contributed by atoms with van der Waals surface area (Å²) in [5, 5.41) is 14.1. The van der Waals surface area contributed by atoms with Crippen LogP contribution < -0.4 is 11.1 Å². The number of aromatic nitrogens is 1. The molecule has 2 aliphatic carbocycles. The molecule has 5 N–H and O–H groups in total. The number of carboxylic acids is 1. The molecule has 2 aliphatic rings. The van der Waals surface area contributed by atoms with Gasteiger partial charge in [-0.25, -0.2) is 4.79 Å². The topological polar surface area (TPSA) is 146 Å². The van der Waals surface area contributed by atoms with E-state index in [2.05, 4.69) is 10.3 Å². The Balaban J connectivity index is 1.74. The Morgan fingerprint density at radius 1 is 0.974 bits per heavy atom. The van der Waals surface area contributed by atoms with Crippen LogP contribution in [0.1, 0.15) is 93.8 Å². The molecule has 0 saturated heterocycles. The molecule has 2 amide bonds. The second-order valence-corrected chi connectivity index (χ2v) is 11.1. The zero-order valence-corrected chi connectivity index (χ0v) is 22.7. The van der Waals surface area contributed by atoms with Crippen LogP contribution in [0.5, 0.6) is 0 Å². The Labute approximate surface area is 229 Å². The maximum Gasteiger partial charge on any atom is 0.326 e. The number of hydrogen-bond acceptors (Lipinski definition) is 5. The molecule has 4 rings (SSSR count). The first kappa shape index (κ1) is 28.8. The zero-order chi connectivity index (χ0) is 27.8. The van der Waals surface area contributed by atoms with Gasteiger partial charge in [-0.05, 0) is 63.5 Å². The van der Waals surface area contributed by atoms with Crippen molar-refractivity contribution < 1.29 is 24.3 Å². The lowest BCUT2D eigenvalue weighted by Crippen LogP contribution is -2.61. The van der Waals surface area contributed by atoms with E-state index in [-0.39, 0.29) is 29.9 Å². The van der Waals surface area contributed by atoms with E-state index in [1.807, 2.05) is 12.1 Å². The molecular formula is C30H42N4O5. The van der Waals surface area contributed by atoms with Gasteiger partial charge in [0.15, 0.2) is 0 Å². The Hall–Kier alpha value is -3.20. The number of nitrogens with zero attached hydrogens (tertiary/aromatic N) is 1. The normalized spacial score (nSPS) is 18.4. The molecular weight excluding hydrogens is 496 g/mol. The summed E-state index contributed by atoms with van der Waals surface area (Å²) in [6.45, 7) is 0.392. The lowest BCUT2D eigenvalue weighted by molar-refractivity contribution is -0.155. The number of unbranched alkanes of at least 4 members (excludes halogenated alkanes) is 1. The number of para-hydroxylation sites is 1. The zero-order valence-electron chi connectivity index (χ0n) is 22.7. The second kappa shape index (κ2) is 13.7. The van der Waals surface area contributed by atoms with Crippen LogP contribution in [0.2, 0.25) is 0 Å². The first-order valence-corrected chi connectivity index (χ1v) is 14.6. The highest BCUT2D eigenvalue weighted by Gasteiger charge is 2.45. The summed E-state index contributed by atoms with van der Waals surface area (Å²) in [4.78, 5) is 58.7. The summed E-state index contributed by atoms with van der Waals surface area (Å²) in [5.41, 5.74) is 6.56. The fourth-order valence-electron chi connectivity index (χ4n) is 6.37. The lowest BCUT2D eigenvalue weighted by Gasteiger charge is -2.41. The van der Waals surface area contributed by atoms with E-state index in [0.29, 0.717) is 43.1 Å². The van der Waals surface area contributed by atoms with Crippen molar-refractivity contribution in [3.05, 3.63) is 36.0 Å². The molecule has 2 atom stereocenters. The smallest absolute Gasteiger partial charge is 0.326 e. The van der Waals surface area contributed by atoms with Crippen molar-refractivity contribution in [2.24, 2.45) is 11.7 Å². The molecule has 0 bridgehead atoms. The Kier molecular flexibility index (Phi) is 10.1. The van der Waals surface area contributed by atoms with Gasteiger partial charge >= 0.3 is 5.97 Å². The van der Waals surface area contributed by atoms with Crippen LogP contribution in [0.25, 0.3) is 10.9 Å². The van der Waals surface area contributed by atoms with Gasteiger partial charge in [0.1, 0.15) is 12.1 Å². The number of benzene rings is 1. The van der Waals surface area contributed by atoms with Crippen LogP contribution in [-0.4, -0.2) is 63.2 Å². The van der Waals surface area contributed by atoms with Gasteiger partial charge in [-0.3, -0.25) is 14.4 Å². The minimum Gasteiger partial charge on any atom is -0.480 e. The predicted molar refractivity (Wildman–Crippen MR) is 149 cm³/mol. The molecule has 1 aromatic carbocycles. The molecule has 1 unspecified atom stereocenters. The van der Waals surface area contributed by atoms with Gasteiger partial charge in [-0.1, -0.05) is 56.7 Å². The maximum absolute atomic E-state index is 14.1. The van der Waals surface area contributed by atoms with Gasteiger partial charge in [0, 0.05) is 23.1 Å². The summed E-state index contributed by atoms with van der Waals surface area (Å²) in [6, 6.07) is 4.84. The summed E-state index contributed by atoms with van der Waals surface area (Å²) in [6.07, 6.45) is 11.9. The van der Waals surface area contributed by atoms with Gasteiger partial charge in [0.05, 0.1) is 5.56 Å². The lowest BCUT2D eigenvalue weighted by atomic mass is 9.81. The third kappa shape index (κ3) is 6.87. The van der Waals surface area contributed by atoms with Crippen molar-refractivity contribution in [2.45, 2.75) is 102 Å². The molecule has 9 nitrogen and oxygen atoms in total. The number of nitrogens with two attached hydrogens (primary N) is 1. The number of H-pyrrole nitrogens is 1. The quantitative estimate of drug-likeness (QED) is 0.181. The number of aliphatic carboxylic acids is 1. The SMILES string of the molecule is NCCCC[C@H](C(=O)O)N(C(=O)C(=O)c1c[nH]c2ccccc12)C(C(=O)NC1CCCCC1)C1CCCCC1. The number of rotatable bonds is 12. The highest BCUT2D eigenvalue weighted by Crippen LogP contribution is 2.33. The average molecular weight is 539 g/mol. The fraction of sp³-hybridized carbons (Fsp3) is 0.600. The Bertz CT molecular complexity index is 1150. The van der Waals surface area contributed by atoms with E-state index in [1.54, 1.807) is 12.1 Å². The van der Waals surface area contributed by atoms with E-state index in [0.717, 1.165) is 56.3 Å². The fourth-order valence-corrected chi connectivity index (χ4v) is 6.37. The number of carbonyl (C=O) groups is 4. The number of carboxylic acid groups (broad SMARTS) is 1. The van der Waals surface area contributed by atoms with Crippen LogP contribution in [-0.2, 0) is 14.4 Å². The molecule has 2 fully saturated rings. The van der Waals surface area contributed by atoms with Crippen molar-refractivity contribution in [1.82, 2.24) is 15.2 Å². The third-order valence-electron chi connectivity index (χ3n) is 8.43. The molecule has 2 saturated carbocycles. The van der Waals surface area contributed by atoms with Crippen LogP contribution in [0.4, 0.5) is 0 Å². The van der Waals surface area contributed by atoms with Crippen molar-refractivity contribution in [3.63, 3.8) is 0 Å². The largest absolute Gasteiger partial charge is 0.480 e. The van der Waals surface area contributed by atoms with Gasteiger partial charge in [0.2, 0.25) is 5.91 Å². The van der Waals surface area contributed by atoms with E-state index in [4.69, 9.17) is 5.73 Å². The van der Waals surface area contributed by atoms with Crippen molar-refractivity contribution >= 4 is 34.5 Å². The van der Waals surface area contributed by atoms with Crippen LogP contribution >= 0.6 is 0 Å². The van der Waals surface area contributed by atoms with Crippen molar-refractivity contribution in [1.29, 1.82) is 0 Å². The van der Waals surface area contributed by atoms with Crippen molar-refractivity contribution in [3.8, 4) is 0 Å². The minimum absolute atomic E-state index is 0.000806. The summed E-state index contributed by atoms with van der Waals surface area (Å²) in [5.74, 6) is -3.49. The van der Waals surface area contributed by atoms with E-state index >= 15 is 0 Å². The number of hydrogen-bond donors (Lipinski definition) is 4. The number of ketones is 1. The summed E-state index contributed by atoms with van der Waals surface area (Å²) in [7, 11) is 0. The molecule has 212 valence electrons. The van der Waals surface area contributed by atoms with Gasteiger partial charge in [0.25, 0.3) is 11.7 Å². The van der Waals surface area contributed by atoms with Crippen molar-refractivity contribution in [2.75, 3.05) is 6.54 Å². The van der Waals surface area contributed by atoms with Crippen LogP contribution in [0.15, 0.2) is 30.5 Å². The second-order valence-electron chi connectivity index (χ2n) is 11.1. The van der Waals surface area contributed by atoms with Crippen LogP contribution in [0.3, 0.4) is 0 Å². The highest BCUT2D eigenvalue weighted by molar-refractivity contribution is 6.45. The standard InChI is InChI=1S/C30H42N4O5/c31-18-10-9-17-25(30(38)39)34(29(37)27(35)23-19-32-24-16-8-7-15-22(23)24)26(20-11-3-1-4-12-20)28(36)33-21-13-5-2-6-14-21/h7-8,15-16,19-21,25-26,32H,1-6,9-14,17-18,31H2,(H,33,36)(H,38,39)/t25-,26?/m1/s1. The number of nitrogens with one attached hydrogen (secondary N) is 2. The summed E-state index contributed by atoms with van der Waals surface area (Å²) < 4.78 is 0.